The topological polar surface area (TPSA) is 89.1 Å². The molecule has 1 N–H and O–H groups in total. The lowest BCUT2D eigenvalue weighted by molar-refractivity contribution is 0.192. The number of imidazole rings is 1. The van der Waals surface area contributed by atoms with E-state index in [2.05, 4.69) is 34.3 Å². The van der Waals surface area contributed by atoms with E-state index in [-0.39, 0.29) is 18.0 Å². The maximum Gasteiger partial charge on any atom is 0.318 e. The number of aromatic nitrogens is 4. The molecule has 0 aliphatic heterocycles. The number of nitrogens with zero attached hydrogens (tertiary/aromatic N) is 5. The Labute approximate surface area is 158 Å². The molecule has 0 aromatic carbocycles. The van der Waals surface area contributed by atoms with Crippen LogP contribution in [0.5, 0.6) is 0 Å². The summed E-state index contributed by atoms with van der Waals surface area (Å²) in [4.78, 5) is 22.7. The summed E-state index contributed by atoms with van der Waals surface area (Å²) in [5.41, 5.74) is 1.56. The van der Waals surface area contributed by atoms with Crippen molar-refractivity contribution in [2.45, 2.75) is 26.4 Å². The van der Waals surface area contributed by atoms with Gasteiger partial charge in [-0.05, 0) is 18.1 Å². The minimum Gasteiger partial charge on any atom is -0.359 e. The summed E-state index contributed by atoms with van der Waals surface area (Å²) in [7, 11) is 3.64. The molecule has 0 aliphatic rings. The van der Waals surface area contributed by atoms with Gasteiger partial charge < -0.3 is 19.3 Å². The van der Waals surface area contributed by atoms with Gasteiger partial charge in [0.2, 0.25) is 0 Å². The SMILES string of the molecule is CC(C)C(NC(=O)N(C)Cc1cc(-c2cccnc2)no1)c1nccn1C. The Morgan fingerprint density at radius 1 is 1.37 bits per heavy atom. The summed E-state index contributed by atoms with van der Waals surface area (Å²) in [5.74, 6) is 1.63. The van der Waals surface area contributed by atoms with Gasteiger partial charge in [0.25, 0.3) is 0 Å². The molecule has 3 rings (SSSR count). The van der Waals surface area contributed by atoms with Crippen molar-refractivity contribution < 1.29 is 9.32 Å². The van der Waals surface area contributed by atoms with Gasteiger partial charge in [0.15, 0.2) is 5.76 Å². The van der Waals surface area contributed by atoms with Crippen LogP contribution in [0.2, 0.25) is 0 Å². The van der Waals surface area contributed by atoms with Crippen LogP contribution in [0.25, 0.3) is 11.3 Å². The molecule has 142 valence electrons. The summed E-state index contributed by atoms with van der Waals surface area (Å²) < 4.78 is 7.29. The van der Waals surface area contributed by atoms with Crippen LogP contribution in [-0.4, -0.2) is 37.7 Å². The van der Waals surface area contributed by atoms with E-state index >= 15 is 0 Å². The van der Waals surface area contributed by atoms with Crippen LogP contribution in [0.1, 0.15) is 31.5 Å². The zero-order valence-corrected chi connectivity index (χ0v) is 16.0. The van der Waals surface area contributed by atoms with Gasteiger partial charge in [-0.1, -0.05) is 19.0 Å². The van der Waals surface area contributed by atoms with Gasteiger partial charge in [0, 0.05) is 50.5 Å². The molecule has 8 heteroatoms. The molecular formula is C19H24N6O2. The van der Waals surface area contributed by atoms with E-state index in [1.54, 1.807) is 30.5 Å². The highest BCUT2D eigenvalue weighted by molar-refractivity contribution is 5.74. The van der Waals surface area contributed by atoms with Gasteiger partial charge in [-0.2, -0.15) is 0 Å². The third kappa shape index (κ3) is 4.33. The third-order valence-corrected chi connectivity index (χ3v) is 4.34. The molecule has 0 saturated heterocycles. The maximum atomic E-state index is 12.7. The number of amides is 2. The average molecular weight is 368 g/mol. The second-order valence-corrected chi connectivity index (χ2v) is 6.84. The molecule has 3 aromatic rings. The van der Waals surface area contributed by atoms with Crippen molar-refractivity contribution in [3.63, 3.8) is 0 Å². The Morgan fingerprint density at radius 3 is 2.81 bits per heavy atom. The van der Waals surface area contributed by atoms with E-state index in [1.165, 1.54) is 0 Å². The van der Waals surface area contributed by atoms with Gasteiger partial charge in [-0.25, -0.2) is 9.78 Å². The number of carbonyl (C=O) groups is 1. The van der Waals surface area contributed by atoms with Crippen molar-refractivity contribution in [2.24, 2.45) is 13.0 Å². The number of rotatable bonds is 6. The summed E-state index contributed by atoms with van der Waals surface area (Å²) in [6, 6.07) is 5.19. The molecule has 8 nitrogen and oxygen atoms in total. The molecule has 1 atom stereocenters. The minimum atomic E-state index is -0.198. The molecule has 0 radical (unpaired) electrons. The second-order valence-electron chi connectivity index (χ2n) is 6.84. The number of nitrogens with one attached hydrogen (secondary N) is 1. The summed E-state index contributed by atoms with van der Waals surface area (Å²) >= 11 is 0. The fourth-order valence-corrected chi connectivity index (χ4v) is 2.79. The van der Waals surface area contributed by atoms with Crippen molar-refractivity contribution in [2.75, 3.05) is 7.05 Å². The lowest BCUT2D eigenvalue weighted by atomic mass is 10.0. The zero-order valence-electron chi connectivity index (χ0n) is 16.0. The van der Waals surface area contributed by atoms with Crippen molar-refractivity contribution >= 4 is 6.03 Å². The smallest absolute Gasteiger partial charge is 0.318 e. The first-order valence-corrected chi connectivity index (χ1v) is 8.80. The largest absolute Gasteiger partial charge is 0.359 e. The van der Waals surface area contributed by atoms with E-state index in [0.717, 1.165) is 11.4 Å². The number of urea groups is 1. The Hall–Kier alpha value is -3.16. The summed E-state index contributed by atoms with van der Waals surface area (Å²) in [5, 5.41) is 7.10. The standard InChI is InChI=1S/C19H24N6O2/c1-13(2)17(18-21-8-9-24(18)3)22-19(26)25(4)12-15-10-16(23-27-15)14-6-5-7-20-11-14/h5-11,13,17H,12H2,1-4H3,(H,22,26). The van der Waals surface area contributed by atoms with E-state index in [1.807, 2.05) is 36.0 Å². The number of hydrogen-bond donors (Lipinski definition) is 1. The molecule has 2 amide bonds. The number of hydrogen-bond acceptors (Lipinski definition) is 5. The summed E-state index contributed by atoms with van der Waals surface area (Å²) in [6.45, 7) is 4.41. The number of aryl methyl sites for hydroxylation is 1. The molecule has 3 aromatic heterocycles. The molecule has 27 heavy (non-hydrogen) atoms. The number of pyridine rings is 1. The Bertz CT molecular complexity index is 887. The van der Waals surface area contributed by atoms with Crippen LogP contribution in [0.3, 0.4) is 0 Å². The van der Waals surface area contributed by atoms with Crippen molar-refractivity contribution in [1.29, 1.82) is 0 Å². The van der Waals surface area contributed by atoms with Crippen LogP contribution in [-0.2, 0) is 13.6 Å². The van der Waals surface area contributed by atoms with Crippen LogP contribution < -0.4 is 5.32 Å². The van der Waals surface area contributed by atoms with E-state index in [0.29, 0.717) is 18.0 Å². The van der Waals surface area contributed by atoms with Crippen LogP contribution in [0.15, 0.2) is 47.5 Å². The lowest BCUT2D eigenvalue weighted by Crippen LogP contribution is -2.41. The Balaban J connectivity index is 1.65. The fourth-order valence-electron chi connectivity index (χ4n) is 2.79. The highest BCUT2D eigenvalue weighted by Gasteiger charge is 2.24. The Morgan fingerprint density at radius 2 is 2.19 bits per heavy atom. The predicted octanol–water partition coefficient (Wildman–Crippen LogP) is 3.01. The molecule has 0 saturated carbocycles. The van der Waals surface area contributed by atoms with Crippen LogP contribution >= 0.6 is 0 Å². The lowest BCUT2D eigenvalue weighted by Gasteiger charge is -2.25. The molecule has 0 fully saturated rings. The fraction of sp³-hybridized carbons (Fsp3) is 0.368. The third-order valence-electron chi connectivity index (χ3n) is 4.34. The van der Waals surface area contributed by atoms with Crippen molar-refractivity contribution in [1.82, 2.24) is 29.9 Å². The molecule has 0 bridgehead atoms. The van der Waals surface area contributed by atoms with Gasteiger partial charge in [0.1, 0.15) is 11.5 Å². The second kappa shape index (κ2) is 8.03. The quantitative estimate of drug-likeness (QED) is 0.722. The predicted molar refractivity (Wildman–Crippen MR) is 101 cm³/mol. The average Bonchev–Trinajstić information content (AvgIpc) is 3.29. The first-order valence-electron chi connectivity index (χ1n) is 8.80. The first kappa shape index (κ1) is 18.6. The molecular weight excluding hydrogens is 344 g/mol. The van der Waals surface area contributed by atoms with Crippen molar-refractivity contribution in [3.8, 4) is 11.3 Å². The van der Waals surface area contributed by atoms with Gasteiger partial charge in [-0.15, -0.1) is 0 Å². The van der Waals surface area contributed by atoms with Gasteiger partial charge in [0.05, 0.1) is 12.6 Å². The zero-order chi connectivity index (χ0) is 19.4. The van der Waals surface area contributed by atoms with Gasteiger partial charge >= 0.3 is 6.03 Å². The first-order chi connectivity index (χ1) is 13.0. The molecule has 0 spiro atoms. The molecule has 1 unspecified atom stereocenters. The monoisotopic (exact) mass is 368 g/mol. The minimum absolute atomic E-state index is 0.180. The maximum absolute atomic E-state index is 12.7. The van der Waals surface area contributed by atoms with Crippen molar-refractivity contribution in [3.05, 3.63) is 54.6 Å². The van der Waals surface area contributed by atoms with E-state index in [9.17, 15) is 4.79 Å². The van der Waals surface area contributed by atoms with Crippen LogP contribution in [0.4, 0.5) is 4.79 Å². The summed E-state index contributed by atoms with van der Waals surface area (Å²) in [6.07, 6.45) is 7.03. The van der Waals surface area contributed by atoms with Gasteiger partial charge in [-0.3, -0.25) is 4.98 Å². The highest BCUT2D eigenvalue weighted by atomic mass is 16.5. The molecule has 3 heterocycles. The van der Waals surface area contributed by atoms with Crippen LogP contribution in [0, 0.1) is 5.92 Å². The Kier molecular flexibility index (Phi) is 5.54. The molecule has 0 aliphatic carbocycles. The number of carbonyl (C=O) groups excluding carboxylic acids is 1. The normalized spacial score (nSPS) is 12.2. The van der Waals surface area contributed by atoms with E-state index in [4.69, 9.17) is 4.52 Å². The highest BCUT2D eigenvalue weighted by Crippen LogP contribution is 2.21. The van der Waals surface area contributed by atoms with E-state index < -0.39 is 0 Å².